The average molecular weight is 197 g/mol. The molecule has 2 N–H and O–H groups in total. The standard InChI is InChI=1S/C12H23NO/c1-2-9-8-11(9)13-10-6-4-3-5-7-12(10)14/h9-14H,2-8H2,1H3. The molecule has 0 aliphatic heterocycles. The molecule has 2 aliphatic rings. The molecule has 0 saturated heterocycles. The smallest absolute Gasteiger partial charge is 0.0693 e. The topological polar surface area (TPSA) is 32.3 Å². The minimum absolute atomic E-state index is 0.0874. The van der Waals surface area contributed by atoms with Crippen LogP contribution in [0.1, 0.15) is 51.9 Å². The highest BCUT2D eigenvalue weighted by Crippen LogP contribution is 2.34. The highest BCUT2D eigenvalue weighted by Gasteiger charge is 2.37. The van der Waals surface area contributed by atoms with E-state index in [0.29, 0.717) is 6.04 Å². The van der Waals surface area contributed by atoms with Crippen LogP contribution >= 0.6 is 0 Å². The first-order valence-corrected chi connectivity index (χ1v) is 6.25. The van der Waals surface area contributed by atoms with Crippen LogP contribution in [0.15, 0.2) is 0 Å². The number of aliphatic hydroxyl groups excluding tert-OH is 1. The fourth-order valence-corrected chi connectivity index (χ4v) is 2.66. The number of aliphatic hydroxyl groups is 1. The summed E-state index contributed by atoms with van der Waals surface area (Å²) in [6.07, 6.45) is 8.52. The first-order valence-electron chi connectivity index (χ1n) is 6.25. The first kappa shape index (κ1) is 10.4. The Bertz CT molecular complexity index is 183. The molecule has 0 aromatic heterocycles. The predicted octanol–water partition coefficient (Wildman–Crippen LogP) is 2.07. The lowest BCUT2D eigenvalue weighted by Gasteiger charge is -2.21. The van der Waals surface area contributed by atoms with Gasteiger partial charge in [-0.1, -0.05) is 32.6 Å². The molecule has 0 aromatic rings. The van der Waals surface area contributed by atoms with Gasteiger partial charge in [0.15, 0.2) is 0 Å². The van der Waals surface area contributed by atoms with E-state index >= 15 is 0 Å². The summed E-state index contributed by atoms with van der Waals surface area (Å²) in [6.45, 7) is 2.26. The zero-order chi connectivity index (χ0) is 9.97. The van der Waals surface area contributed by atoms with Crippen LogP contribution in [-0.4, -0.2) is 23.3 Å². The molecule has 2 rings (SSSR count). The van der Waals surface area contributed by atoms with Crippen LogP contribution in [0.5, 0.6) is 0 Å². The van der Waals surface area contributed by atoms with Gasteiger partial charge in [-0.3, -0.25) is 0 Å². The normalized spacial score (nSPS) is 43.3. The highest BCUT2D eigenvalue weighted by atomic mass is 16.3. The van der Waals surface area contributed by atoms with Crippen molar-refractivity contribution in [3.05, 3.63) is 0 Å². The lowest BCUT2D eigenvalue weighted by atomic mass is 10.1. The molecule has 0 amide bonds. The van der Waals surface area contributed by atoms with Gasteiger partial charge in [0.05, 0.1) is 6.10 Å². The zero-order valence-electron chi connectivity index (χ0n) is 9.21. The lowest BCUT2D eigenvalue weighted by Crippen LogP contribution is -2.40. The molecule has 2 fully saturated rings. The highest BCUT2D eigenvalue weighted by molar-refractivity contribution is 4.95. The van der Waals surface area contributed by atoms with Gasteiger partial charge in [0.2, 0.25) is 0 Å². The molecule has 2 nitrogen and oxygen atoms in total. The maximum absolute atomic E-state index is 9.92. The van der Waals surface area contributed by atoms with Gasteiger partial charge in [-0.05, 0) is 25.2 Å². The van der Waals surface area contributed by atoms with E-state index in [0.717, 1.165) is 18.4 Å². The summed E-state index contributed by atoms with van der Waals surface area (Å²) in [5.74, 6) is 0.894. The minimum Gasteiger partial charge on any atom is -0.392 e. The maximum atomic E-state index is 9.92. The van der Waals surface area contributed by atoms with Gasteiger partial charge >= 0.3 is 0 Å². The Morgan fingerprint density at radius 2 is 1.93 bits per heavy atom. The van der Waals surface area contributed by atoms with Gasteiger partial charge in [-0.15, -0.1) is 0 Å². The third kappa shape index (κ3) is 2.48. The van der Waals surface area contributed by atoms with E-state index in [4.69, 9.17) is 0 Å². The number of nitrogens with one attached hydrogen (secondary N) is 1. The minimum atomic E-state index is -0.0874. The van der Waals surface area contributed by atoms with Crippen molar-refractivity contribution in [1.29, 1.82) is 0 Å². The average Bonchev–Trinajstić information content (AvgIpc) is 2.94. The molecule has 0 spiro atoms. The molecule has 2 aliphatic carbocycles. The van der Waals surface area contributed by atoms with Crippen LogP contribution in [0.4, 0.5) is 0 Å². The maximum Gasteiger partial charge on any atom is 0.0693 e. The third-order valence-electron chi connectivity index (χ3n) is 3.85. The van der Waals surface area contributed by atoms with E-state index in [-0.39, 0.29) is 6.10 Å². The third-order valence-corrected chi connectivity index (χ3v) is 3.85. The molecule has 0 bridgehead atoms. The summed E-state index contributed by atoms with van der Waals surface area (Å²) < 4.78 is 0. The second-order valence-corrected chi connectivity index (χ2v) is 4.99. The number of hydrogen-bond donors (Lipinski definition) is 2. The zero-order valence-corrected chi connectivity index (χ0v) is 9.21. The van der Waals surface area contributed by atoms with Crippen LogP contribution in [0.3, 0.4) is 0 Å². The molecule has 2 heteroatoms. The molecule has 4 atom stereocenters. The lowest BCUT2D eigenvalue weighted by molar-refractivity contribution is 0.118. The predicted molar refractivity (Wildman–Crippen MR) is 58.2 cm³/mol. The monoisotopic (exact) mass is 197 g/mol. The van der Waals surface area contributed by atoms with E-state index in [2.05, 4.69) is 12.2 Å². The van der Waals surface area contributed by atoms with Crippen molar-refractivity contribution in [2.45, 2.75) is 70.1 Å². The van der Waals surface area contributed by atoms with Crippen molar-refractivity contribution >= 4 is 0 Å². The Labute approximate surface area is 87.1 Å². The summed E-state index contributed by atoms with van der Waals surface area (Å²) in [6, 6.07) is 1.11. The van der Waals surface area contributed by atoms with E-state index in [9.17, 15) is 5.11 Å². The quantitative estimate of drug-likeness (QED) is 0.679. The summed E-state index contributed by atoms with van der Waals surface area (Å²) >= 11 is 0. The van der Waals surface area contributed by atoms with Gasteiger partial charge in [0, 0.05) is 12.1 Å². The molecule has 0 radical (unpaired) electrons. The Morgan fingerprint density at radius 1 is 1.14 bits per heavy atom. The first-order chi connectivity index (χ1) is 6.81. The second kappa shape index (κ2) is 4.63. The van der Waals surface area contributed by atoms with Crippen molar-refractivity contribution in [3.63, 3.8) is 0 Å². The summed E-state index contributed by atoms with van der Waals surface area (Å²) in [5.41, 5.74) is 0. The van der Waals surface area contributed by atoms with Gasteiger partial charge in [0.1, 0.15) is 0 Å². The van der Waals surface area contributed by atoms with Crippen LogP contribution in [0.25, 0.3) is 0 Å². The molecular weight excluding hydrogens is 174 g/mol. The summed E-state index contributed by atoms with van der Waals surface area (Å²) in [5, 5.41) is 13.6. The van der Waals surface area contributed by atoms with E-state index < -0.39 is 0 Å². The van der Waals surface area contributed by atoms with Crippen molar-refractivity contribution in [3.8, 4) is 0 Å². The molecule has 0 aromatic carbocycles. The number of hydrogen-bond acceptors (Lipinski definition) is 2. The molecule has 14 heavy (non-hydrogen) atoms. The Morgan fingerprint density at radius 3 is 2.64 bits per heavy atom. The van der Waals surface area contributed by atoms with Gasteiger partial charge in [-0.2, -0.15) is 0 Å². The number of rotatable bonds is 3. The van der Waals surface area contributed by atoms with Crippen LogP contribution < -0.4 is 5.32 Å². The largest absolute Gasteiger partial charge is 0.392 e. The van der Waals surface area contributed by atoms with E-state index in [1.54, 1.807) is 0 Å². The van der Waals surface area contributed by atoms with Crippen molar-refractivity contribution in [2.75, 3.05) is 0 Å². The van der Waals surface area contributed by atoms with Crippen molar-refractivity contribution < 1.29 is 5.11 Å². The van der Waals surface area contributed by atoms with Gasteiger partial charge in [0.25, 0.3) is 0 Å². The molecular formula is C12H23NO. The SMILES string of the molecule is CCC1CC1NC1CCCCCC1O. The summed E-state index contributed by atoms with van der Waals surface area (Å²) in [4.78, 5) is 0. The second-order valence-electron chi connectivity index (χ2n) is 4.99. The van der Waals surface area contributed by atoms with Crippen LogP contribution in [0, 0.1) is 5.92 Å². The molecule has 0 heterocycles. The van der Waals surface area contributed by atoms with Crippen molar-refractivity contribution in [2.24, 2.45) is 5.92 Å². The summed E-state index contributed by atoms with van der Waals surface area (Å²) in [7, 11) is 0. The van der Waals surface area contributed by atoms with Gasteiger partial charge < -0.3 is 10.4 Å². The fraction of sp³-hybridized carbons (Fsp3) is 1.00. The molecule has 82 valence electrons. The van der Waals surface area contributed by atoms with Crippen LogP contribution in [0.2, 0.25) is 0 Å². The fourth-order valence-electron chi connectivity index (χ4n) is 2.66. The van der Waals surface area contributed by atoms with Crippen molar-refractivity contribution in [1.82, 2.24) is 5.32 Å². The molecule has 2 saturated carbocycles. The Hall–Kier alpha value is -0.0800. The van der Waals surface area contributed by atoms with Gasteiger partial charge in [-0.25, -0.2) is 0 Å². The van der Waals surface area contributed by atoms with E-state index in [1.165, 1.54) is 38.5 Å². The molecule has 4 unspecified atom stereocenters. The Kier molecular flexibility index (Phi) is 3.45. The van der Waals surface area contributed by atoms with Crippen LogP contribution in [-0.2, 0) is 0 Å². The van der Waals surface area contributed by atoms with E-state index in [1.807, 2.05) is 0 Å². The Balaban J connectivity index is 1.77.